The highest BCUT2D eigenvalue weighted by molar-refractivity contribution is 9.10. The molecule has 0 aromatic carbocycles. The van der Waals surface area contributed by atoms with E-state index in [9.17, 15) is 14.4 Å². The summed E-state index contributed by atoms with van der Waals surface area (Å²) in [4.78, 5) is 36.3. The fraction of sp³-hybridized carbons (Fsp3) is 0.417. The number of aromatic nitrogens is 1. The number of imide groups is 1. The summed E-state index contributed by atoms with van der Waals surface area (Å²) in [5.41, 5.74) is 0.462. The number of carbonyl (C=O) groups excluding carboxylic acids is 3. The van der Waals surface area contributed by atoms with Gasteiger partial charge >= 0.3 is 0 Å². The Kier molecular flexibility index (Phi) is 3.75. The van der Waals surface area contributed by atoms with Crippen molar-refractivity contribution in [3.05, 3.63) is 22.4 Å². The van der Waals surface area contributed by atoms with Crippen LogP contribution in [0.25, 0.3) is 0 Å². The summed E-state index contributed by atoms with van der Waals surface area (Å²) in [6.07, 6.45) is 1.82. The Morgan fingerprint density at radius 1 is 1.53 bits per heavy atom. The number of halogens is 1. The number of aryl methyl sites for hydroxylation is 1. The van der Waals surface area contributed by atoms with Gasteiger partial charge in [-0.1, -0.05) is 0 Å². The molecule has 1 fully saturated rings. The summed E-state index contributed by atoms with van der Waals surface area (Å²) in [6, 6.07) is 0.924. The number of hydrogen-bond donors (Lipinski definition) is 1. The predicted molar refractivity (Wildman–Crippen MR) is 71.5 cm³/mol. The van der Waals surface area contributed by atoms with Gasteiger partial charge in [0.2, 0.25) is 5.91 Å². The summed E-state index contributed by atoms with van der Waals surface area (Å²) < 4.78 is 2.56. The zero-order chi connectivity index (χ0) is 14.2. The van der Waals surface area contributed by atoms with E-state index in [4.69, 9.17) is 0 Å². The fourth-order valence-electron chi connectivity index (χ4n) is 2.03. The minimum absolute atomic E-state index is 0.0229. The van der Waals surface area contributed by atoms with Crippen LogP contribution >= 0.6 is 15.9 Å². The molecule has 102 valence electrons. The van der Waals surface area contributed by atoms with Crippen molar-refractivity contribution in [2.24, 2.45) is 0 Å². The van der Waals surface area contributed by atoms with Gasteiger partial charge in [0.05, 0.1) is 6.42 Å². The lowest BCUT2D eigenvalue weighted by Crippen LogP contribution is -2.41. The number of likely N-dealkylation sites (N-methyl/N-ethyl adjacent to an activating group) is 1. The Morgan fingerprint density at radius 3 is 2.74 bits per heavy atom. The lowest BCUT2D eigenvalue weighted by Gasteiger charge is -2.12. The van der Waals surface area contributed by atoms with E-state index in [1.807, 2.05) is 6.92 Å². The van der Waals surface area contributed by atoms with Crippen LogP contribution in [0.3, 0.4) is 0 Å². The quantitative estimate of drug-likeness (QED) is 0.833. The van der Waals surface area contributed by atoms with E-state index in [-0.39, 0.29) is 24.1 Å². The molecule has 1 aliphatic rings. The average molecular weight is 328 g/mol. The molecular weight excluding hydrogens is 314 g/mol. The van der Waals surface area contributed by atoms with Gasteiger partial charge in [-0.25, -0.2) is 0 Å². The van der Waals surface area contributed by atoms with Crippen molar-refractivity contribution in [3.8, 4) is 0 Å². The molecule has 1 saturated heterocycles. The molecule has 0 bridgehead atoms. The van der Waals surface area contributed by atoms with Crippen LogP contribution in [-0.2, 0) is 16.1 Å². The second-order valence-corrected chi connectivity index (χ2v) is 5.27. The van der Waals surface area contributed by atoms with Gasteiger partial charge in [0, 0.05) is 24.3 Å². The fourth-order valence-corrected chi connectivity index (χ4v) is 2.49. The maximum atomic E-state index is 12.1. The molecule has 1 unspecified atom stereocenters. The zero-order valence-electron chi connectivity index (χ0n) is 10.6. The number of rotatable bonds is 3. The largest absolute Gasteiger partial charge is 0.343 e. The van der Waals surface area contributed by atoms with Gasteiger partial charge in [-0.2, -0.15) is 0 Å². The third kappa shape index (κ3) is 2.56. The lowest BCUT2D eigenvalue weighted by atomic mass is 10.2. The second kappa shape index (κ2) is 5.16. The Balaban J connectivity index is 2.13. The lowest BCUT2D eigenvalue weighted by molar-refractivity contribution is -0.137. The van der Waals surface area contributed by atoms with Crippen LogP contribution in [0.15, 0.2) is 16.7 Å². The highest BCUT2D eigenvalue weighted by Gasteiger charge is 2.37. The van der Waals surface area contributed by atoms with Crippen LogP contribution in [0.2, 0.25) is 0 Å². The standard InChI is InChI=1S/C12H14BrN3O3/c1-3-16-6-7(13)4-9(16)11(18)14-8-5-10(17)15(2)12(8)19/h4,6,8H,3,5H2,1-2H3,(H,14,18). The number of carbonyl (C=O) groups is 3. The Morgan fingerprint density at radius 2 is 2.21 bits per heavy atom. The molecule has 0 spiro atoms. The SMILES string of the molecule is CCn1cc(Br)cc1C(=O)NC1CC(=O)N(C)C1=O. The van der Waals surface area contributed by atoms with Crippen molar-refractivity contribution in [2.45, 2.75) is 25.9 Å². The maximum Gasteiger partial charge on any atom is 0.268 e. The van der Waals surface area contributed by atoms with Gasteiger partial charge in [-0.05, 0) is 28.9 Å². The van der Waals surface area contributed by atoms with E-state index < -0.39 is 6.04 Å². The highest BCUT2D eigenvalue weighted by Crippen LogP contribution is 2.16. The van der Waals surface area contributed by atoms with Crippen molar-refractivity contribution >= 4 is 33.7 Å². The zero-order valence-corrected chi connectivity index (χ0v) is 12.2. The van der Waals surface area contributed by atoms with E-state index in [0.717, 1.165) is 9.37 Å². The Labute approximate surface area is 118 Å². The van der Waals surface area contributed by atoms with E-state index in [1.165, 1.54) is 7.05 Å². The number of hydrogen-bond acceptors (Lipinski definition) is 3. The van der Waals surface area contributed by atoms with Gasteiger partial charge in [0.25, 0.3) is 11.8 Å². The molecule has 0 radical (unpaired) electrons. The smallest absolute Gasteiger partial charge is 0.268 e. The predicted octanol–water partition coefficient (Wildman–Crippen LogP) is 0.758. The summed E-state index contributed by atoms with van der Waals surface area (Å²) in [5.74, 6) is -0.997. The van der Waals surface area contributed by atoms with Crippen molar-refractivity contribution in [1.82, 2.24) is 14.8 Å². The molecule has 0 saturated carbocycles. The third-order valence-electron chi connectivity index (χ3n) is 3.12. The number of likely N-dealkylation sites (tertiary alicyclic amines) is 1. The minimum Gasteiger partial charge on any atom is -0.343 e. The first-order chi connectivity index (χ1) is 8.93. The van der Waals surface area contributed by atoms with Gasteiger partial charge in [0.15, 0.2) is 0 Å². The molecule has 1 atom stereocenters. The first-order valence-corrected chi connectivity index (χ1v) is 6.70. The minimum atomic E-state index is -0.760. The van der Waals surface area contributed by atoms with Crippen LogP contribution in [0.1, 0.15) is 23.8 Å². The van der Waals surface area contributed by atoms with Crippen LogP contribution in [0.4, 0.5) is 0 Å². The molecule has 7 heteroatoms. The van der Waals surface area contributed by atoms with Crippen molar-refractivity contribution in [3.63, 3.8) is 0 Å². The van der Waals surface area contributed by atoms with Crippen molar-refractivity contribution < 1.29 is 14.4 Å². The molecule has 1 aromatic rings. The monoisotopic (exact) mass is 327 g/mol. The highest BCUT2D eigenvalue weighted by atomic mass is 79.9. The van der Waals surface area contributed by atoms with Crippen LogP contribution in [0.5, 0.6) is 0 Å². The normalized spacial score (nSPS) is 19.1. The molecule has 2 heterocycles. The topological polar surface area (TPSA) is 71.4 Å². The number of nitrogens with zero attached hydrogens (tertiary/aromatic N) is 2. The van der Waals surface area contributed by atoms with E-state index in [1.54, 1.807) is 16.8 Å². The summed E-state index contributed by atoms with van der Waals surface area (Å²) in [7, 11) is 1.42. The molecule has 1 N–H and O–H groups in total. The van der Waals surface area contributed by atoms with Crippen LogP contribution < -0.4 is 5.32 Å². The average Bonchev–Trinajstić information content (AvgIpc) is 2.86. The van der Waals surface area contributed by atoms with Gasteiger partial charge in [-0.15, -0.1) is 0 Å². The number of nitrogens with one attached hydrogen (secondary N) is 1. The van der Waals surface area contributed by atoms with Crippen molar-refractivity contribution in [2.75, 3.05) is 7.05 Å². The van der Waals surface area contributed by atoms with Gasteiger partial charge < -0.3 is 9.88 Å². The molecule has 1 aliphatic heterocycles. The molecule has 3 amide bonds. The first-order valence-electron chi connectivity index (χ1n) is 5.91. The molecule has 19 heavy (non-hydrogen) atoms. The maximum absolute atomic E-state index is 12.1. The van der Waals surface area contributed by atoms with Gasteiger partial charge in [-0.3, -0.25) is 19.3 Å². The van der Waals surface area contributed by atoms with Gasteiger partial charge in [0.1, 0.15) is 11.7 Å². The Hall–Kier alpha value is -1.63. The van der Waals surface area contributed by atoms with E-state index >= 15 is 0 Å². The summed E-state index contributed by atoms with van der Waals surface area (Å²) in [6.45, 7) is 2.56. The van der Waals surface area contributed by atoms with Crippen LogP contribution in [0, 0.1) is 0 Å². The summed E-state index contributed by atoms with van der Waals surface area (Å²) >= 11 is 3.31. The number of amides is 3. The summed E-state index contributed by atoms with van der Waals surface area (Å²) in [5, 5.41) is 2.60. The van der Waals surface area contributed by atoms with Crippen LogP contribution in [-0.4, -0.2) is 40.3 Å². The Bertz CT molecular complexity index is 552. The second-order valence-electron chi connectivity index (χ2n) is 4.35. The van der Waals surface area contributed by atoms with E-state index in [0.29, 0.717) is 12.2 Å². The molecule has 6 nitrogen and oxygen atoms in total. The molecular formula is C12H14BrN3O3. The molecule has 0 aliphatic carbocycles. The molecule has 2 rings (SSSR count). The van der Waals surface area contributed by atoms with Crippen molar-refractivity contribution in [1.29, 1.82) is 0 Å². The molecule has 1 aromatic heterocycles. The van der Waals surface area contributed by atoms with E-state index in [2.05, 4.69) is 21.2 Å². The first kappa shape index (κ1) is 13.8. The third-order valence-corrected chi connectivity index (χ3v) is 3.56.